The Morgan fingerprint density at radius 1 is 1.29 bits per heavy atom. The second-order valence-corrected chi connectivity index (χ2v) is 10.2. The molecule has 0 saturated heterocycles. The average molecular weight is 422 g/mol. The van der Waals surface area contributed by atoms with Gasteiger partial charge in [-0.25, -0.2) is 13.2 Å². The number of rotatable bonds is 6. The molecule has 1 atom stereocenters. The van der Waals surface area contributed by atoms with Crippen LogP contribution in [0, 0.1) is 5.92 Å². The maximum atomic E-state index is 12.3. The van der Waals surface area contributed by atoms with Crippen molar-refractivity contribution >= 4 is 38.7 Å². The quantitative estimate of drug-likeness (QED) is 0.722. The number of carbonyl (C=O) groups excluding carboxylic acids is 2. The summed E-state index contributed by atoms with van der Waals surface area (Å²) in [5, 5.41) is 2.55. The van der Waals surface area contributed by atoms with Crippen molar-refractivity contribution in [2.45, 2.75) is 37.5 Å². The molecule has 28 heavy (non-hydrogen) atoms. The maximum Gasteiger partial charge on any atom is 0.348 e. The topological polar surface area (TPSA) is 89.5 Å². The lowest BCUT2D eigenvalue weighted by Gasteiger charge is -2.19. The SMILES string of the molecule is CC[C@@H]1CCc2sc(C(=O)OCC(=O)Nc3cccc(S(C)(=O)=O)c3)cc2C1. The summed E-state index contributed by atoms with van der Waals surface area (Å²) in [6.07, 6.45) is 5.36. The van der Waals surface area contributed by atoms with Crippen LogP contribution in [0.4, 0.5) is 5.69 Å². The first-order valence-electron chi connectivity index (χ1n) is 9.15. The Kier molecular flexibility index (Phi) is 6.20. The first kappa shape index (κ1) is 20.5. The summed E-state index contributed by atoms with van der Waals surface area (Å²) < 4.78 is 28.3. The molecule has 1 aromatic carbocycles. The normalized spacial score (nSPS) is 16.3. The molecule has 2 aromatic rings. The highest BCUT2D eigenvalue weighted by Gasteiger charge is 2.23. The molecular formula is C20H23NO5S2. The predicted molar refractivity (Wildman–Crippen MR) is 109 cm³/mol. The summed E-state index contributed by atoms with van der Waals surface area (Å²) in [5.41, 5.74) is 1.55. The molecule has 0 radical (unpaired) electrons. The minimum absolute atomic E-state index is 0.108. The number of esters is 1. The van der Waals surface area contributed by atoms with Crippen LogP contribution in [0.25, 0.3) is 0 Å². The van der Waals surface area contributed by atoms with Crippen molar-refractivity contribution in [3.05, 3.63) is 45.6 Å². The Morgan fingerprint density at radius 2 is 2.07 bits per heavy atom. The van der Waals surface area contributed by atoms with E-state index in [-0.39, 0.29) is 4.90 Å². The van der Waals surface area contributed by atoms with E-state index in [1.54, 1.807) is 6.07 Å². The third-order valence-corrected chi connectivity index (χ3v) is 7.17. The standard InChI is InChI=1S/C20H23NO5S2/c1-3-13-7-8-17-14(9-13)10-18(27-17)20(23)26-12-19(22)21-15-5-4-6-16(11-15)28(2,24)25/h4-6,10-11,13H,3,7-9,12H2,1-2H3,(H,21,22)/t13-/m1/s1. The third kappa shape index (κ3) is 4.99. The largest absolute Gasteiger partial charge is 0.451 e. The summed E-state index contributed by atoms with van der Waals surface area (Å²) in [5.74, 6) is -0.363. The zero-order valence-corrected chi connectivity index (χ0v) is 17.5. The van der Waals surface area contributed by atoms with E-state index in [1.165, 1.54) is 40.0 Å². The third-order valence-electron chi connectivity index (χ3n) is 4.84. The van der Waals surface area contributed by atoms with Crippen molar-refractivity contribution in [1.29, 1.82) is 0 Å². The molecule has 0 spiro atoms. The van der Waals surface area contributed by atoms with Crippen LogP contribution in [0.1, 0.15) is 39.9 Å². The Hall–Kier alpha value is -2.19. The van der Waals surface area contributed by atoms with Crippen molar-refractivity contribution in [3.63, 3.8) is 0 Å². The molecular weight excluding hydrogens is 398 g/mol. The van der Waals surface area contributed by atoms with Gasteiger partial charge in [0.25, 0.3) is 5.91 Å². The van der Waals surface area contributed by atoms with E-state index >= 15 is 0 Å². The lowest BCUT2D eigenvalue weighted by Crippen LogP contribution is -2.20. The highest BCUT2D eigenvalue weighted by atomic mass is 32.2. The predicted octanol–water partition coefficient (Wildman–Crippen LogP) is 3.46. The number of aryl methyl sites for hydroxylation is 1. The van der Waals surface area contributed by atoms with E-state index in [2.05, 4.69) is 12.2 Å². The summed E-state index contributed by atoms with van der Waals surface area (Å²) in [6.45, 7) is 1.75. The molecule has 1 heterocycles. The lowest BCUT2D eigenvalue weighted by atomic mass is 9.87. The van der Waals surface area contributed by atoms with E-state index in [9.17, 15) is 18.0 Å². The number of fused-ring (bicyclic) bond motifs is 1. The summed E-state index contributed by atoms with van der Waals surface area (Å²) in [4.78, 5) is 26.2. The van der Waals surface area contributed by atoms with Crippen LogP contribution in [0.15, 0.2) is 35.2 Å². The van der Waals surface area contributed by atoms with Gasteiger partial charge in [0.15, 0.2) is 16.4 Å². The minimum Gasteiger partial charge on any atom is -0.451 e. The number of hydrogen-bond donors (Lipinski definition) is 1. The fourth-order valence-corrected chi connectivity index (χ4v) is 5.02. The van der Waals surface area contributed by atoms with Crippen LogP contribution in [-0.2, 0) is 32.2 Å². The lowest BCUT2D eigenvalue weighted by molar-refractivity contribution is -0.119. The van der Waals surface area contributed by atoms with Gasteiger partial charge in [-0.05, 0) is 55.0 Å². The number of sulfone groups is 1. The Morgan fingerprint density at radius 3 is 2.79 bits per heavy atom. The fraction of sp³-hybridized carbons (Fsp3) is 0.400. The number of amides is 1. The van der Waals surface area contributed by atoms with Crippen LogP contribution in [0.3, 0.4) is 0 Å². The van der Waals surface area contributed by atoms with Gasteiger partial charge >= 0.3 is 5.97 Å². The number of hydrogen-bond acceptors (Lipinski definition) is 6. The van der Waals surface area contributed by atoms with Gasteiger partial charge in [0.05, 0.1) is 4.90 Å². The fourth-order valence-electron chi connectivity index (χ4n) is 3.25. The second kappa shape index (κ2) is 8.45. The number of anilines is 1. The first-order chi connectivity index (χ1) is 13.3. The highest BCUT2D eigenvalue weighted by molar-refractivity contribution is 7.90. The Labute approximate surface area is 168 Å². The van der Waals surface area contributed by atoms with E-state index in [0.717, 1.165) is 31.9 Å². The van der Waals surface area contributed by atoms with Crippen molar-refractivity contribution in [1.82, 2.24) is 0 Å². The number of nitrogens with one attached hydrogen (secondary N) is 1. The van der Waals surface area contributed by atoms with Crippen molar-refractivity contribution < 1.29 is 22.7 Å². The molecule has 0 aliphatic heterocycles. The van der Waals surface area contributed by atoms with Gasteiger partial charge in [0.1, 0.15) is 4.88 Å². The molecule has 1 aliphatic rings. The number of benzene rings is 1. The average Bonchev–Trinajstić information content (AvgIpc) is 3.09. The van der Waals surface area contributed by atoms with Crippen molar-refractivity contribution in [3.8, 4) is 0 Å². The van der Waals surface area contributed by atoms with Crippen LogP contribution < -0.4 is 5.32 Å². The molecule has 1 N–H and O–H groups in total. The van der Waals surface area contributed by atoms with Gasteiger partial charge < -0.3 is 10.1 Å². The molecule has 6 nitrogen and oxygen atoms in total. The monoisotopic (exact) mass is 421 g/mol. The van der Waals surface area contributed by atoms with Gasteiger partial charge in [0, 0.05) is 16.8 Å². The first-order valence-corrected chi connectivity index (χ1v) is 11.9. The summed E-state index contributed by atoms with van der Waals surface area (Å²) >= 11 is 1.44. The smallest absolute Gasteiger partial charge is 0.348 e. The van der Waals surface area contributed by atoms with E-state index in [0.29, 0.717) is 16.5 Å². The van der Waals surface area contributed by atoms with Gasteiger partial charge in [-0.1, -0.05) is 19.4 Å². The molecule has 1 aliphatic carbocycles. The van der Waals surface area contributed by atoms with Gasteiger partial charge in [-0.3, -0.25) is 4.79 Å². The second-order valence-electron chi connectivity index (χ2n) is 7.00. The Balaban J connectivity index is 1.57. The van der Waals surface area contributed by atoms with Gasteiger partial charge in [0.2, 0.25) is 0 Å². The molecule has 1 aromatic heterocycles. The molecule has 0 saturated carbocycles. The zero-order valence-electron chi connectivity index (χ0n) is 15.9. The van der Waals surface area contributed by atoms with Gasteiger partial charge in [-0.2, -0.15) is 0 Å². The summed E-state index contributed by atoms with van der Waals surface area (Å²) in [6, 6.07) is 7.82. The molecule has 3 rings (SSSR count). The zero-order chi connectivity index (χ0) is 20.3. The molecule has 150 valence electrons. The van der Waals surface area contributed by atoms with Crippen LogP contribution in [-0.4, -0.2) is 33.2 Å². The molecule has 8 heteroatoms. The van der Waals surface area contributed by atoms with Gasteiger partial charge in [-0.15, -0.1) is 11.3 Å². The van der Waals surface area contributed by atoms with Crippen molar-refractivity contribution in [2.75, 3.05) is 18.2 Å². The van der Waals surface area contributed by atoms with Crippen molar-refractivity contribution in [2.24, 2.45) is 5.92 Å². The number of thiophene rings is 1. The number of carbonyl (C=O) groups is 2. The van der Waals surface area contributed by atoms with Crippen LogP contribution in [0.2, 0.25) is 0 Å². The number of ether oxygens (including phenoxy) is 1. The van der Waals surface area contributed by atoms with E-state index < -0.39 is 28.3 Å². The van der Waals surface area contributed by atoms with E-state index in [1.807, 2.05) is 6.07 Å². The highest BCUT2D eigenvalue weighted by Crippen LogP contribution is 2.33. The molecule has 1 amide bonds. The molecule has 0 bridgehead atoms. The minimum atomic E-state index is -3.37. The molecule has 0 unspecified atom stereocenters. The summed E-state index contributed by atoms with van der Waals surface area (Å²) in [7, 11) is -3.37. The molecule has 0 fully saturated rings. The maximum absolute atomic E-state index is 12.3. The van der Waals surface area contributed by atoms with Crippen LogP contribution >= 0.6 is 11.3 Å². The Bertz CT molecular complexity index is 994. The van der Waals surface area contributed by atoms with Crippen LogP contribution in [0.5, 0.6) is 0 Å². The van der Waals surface area contributed by atoms with E-state index in [4.69, 9.17) is 4.74 Å².